The quantitative estimate of drug-likeness (QED) is 0.759. The normalized spacial score (nSPS) is 12.5. The zero-order valence-corrected chi connectivity index (χ0v) is 13.4. The van der Waals surface area contributed by atoms with Crippen LogP contribution in [0.2, 0.25) is 0 Å². The van der Waals surface area contributed by atoms with E-state index in [2.05, 4.69) is 58.5 Å². The lowest BCUT2D eigenvalue weighted by Gasteiger charge is -2.12. The van der Waals surface area contributed by atoms with Crippen LogP contribution in [-0.2, 0) is 0 Å². The van der Waals surface area contributed by atoms with Crippen LogP contribution in [0.4, 0.5) is 0 Å². The number of aromatic amines is 1. The van der Waals surface area contributed by atoms with E-state index in [4.69, 9.17) is 0 Å². The van der Waals surface area contributed by atoms with Gasteiger partial charge in [0.25, 0.3) is 0 Å². The van der Waals surface area contributed by atoms with Crippen molar-refractivity contribution in [2.24, 2.45) is 0 Å². The van der Waals surface area contributed by atoms with Gasteiger partial charge in [0.2, 0.25) is 0 Å². The summed E-state index contributed by atoms with van der Waals surface area (Å²) in [6.07, 6.45) is 1.05. The maximum Gasteiger partial charge on any atom is 0.104 e. The van der Waals surface area contributed by atoms with Crippen molar-refractivity contribution in [2.45, 2.75) is 33.1 Å². The maximum atomic E-state index is 4.50. The van der Waals surface area contributed by atoms with Gasteiger partial charge in [-0.1, -0.05) is 37.3 Å². The number of H-pyrrole nitrogens is 1. The molecule has 2 aromatic heterocycles. The number of hydrogen-bond acceptors (Lipinski definition) is 3. The molecule has 3 rings (SSSR count). The second-order valence-electron chi connectivity index (χ2n) is 5.23. The molecule has 2 heterocycles. The highest BCUT2D eigenvalue weighted by atomic mass is 32.1. The Kier molecular flexibility index (Phi) is 3.88. The minimum Gasteiger partial charge on any atom is -0.281 e. The fourth-order valence-corrected chi connectivity index (χ4v) is 3.60. The van der Waals surface area contributed by atoms with Crippen molar-refractivity contribution in [1.82, 2.24) is 15.2 Å². The third-order valence-corrected chi connectivity index (χ3v) is 4.81. The zero-order valence-electron chi connectivity index (χ0n) is 12.6. The number of benzene rings is 1. The molecule has 0 fully saturated rings. The van der Waals surface area contributed by atoms with E-state index in [9.17, 15) is 0 Å². The van der Waals surface area contributed by atoms with Crippen LogP contribution in [0.5, 0.6) is 0 Å². The molecule has 0 amide bonds. The zero-order chi connectivity index (χ0) is 14.8. The fraction of sp³-hybridized carbons (Fsp3) is 0.294. The van der Waals surface area contributed by atoms with Crippen molar-refractivity contribution in [3.63, 3.8) is 0 Å². The summed E-state index contributed by atoms with van der Waals surface area (Å²) in [6.45, 7) is 6.29. The van der Waals surface area contributed by atoms with Crippen molar-refractivity contribution in [3.8, 4) is 10.6 Å². The molecule has 1 unspecified atom stereocenters. The molecular weight excluding hydrogens is 278 g/mol. The van der Waals surface area contributed by atoms with Gasteiger partial charge in [0.1, 0.15) is 5.69 Å². The molecule has 0 saturated carbocycles. The Balaban J connectivity index is 1.95. The predicted octanol–water partition coefficient (Wildman–Crippen LogP) is 4.69. The molecule has 0 spiro atoms. The van der Waals surface area contributed by atoms with Crippen LogP contribution in [0.3, 0.4) is 0 Å². The highest BCUT2D eigenvalue weighted by molar-refractivity contribution is 7.15. The highest BCUT2D eigenvalue weighted by Crippen LogP contribution is 2.32. The van der Waals surface area contributed by atoms with E-state index >= 15 is 0 Å². The molecule has 21 heavy (non-hydrogen) atoms. The van der Waals surface area contributed by atoms with Crippen molar-refractivity contribution in [1.29, 1.82) is 0 Å². The summed E-state index contributed by atoms with van der Waals surface area (Å²) in [5.74, 6) is 0.363. The van der Waals surface area contributed by atoms with Crippen LogP contribution in [0.1, 0.15) is 41.2 Å². The van der Waals surface area contributed by atoms with Crippen LogP contribution >= 0.6 is 11.3 Å². The van der Waals surface area contributed by atoms with Gasteiger partial charge in [-0.05, 0) is 31.9 Å². The number of thiazole rings is 1. The Morgan fingerprint density at radius 2 is 1.95 bits per heavy atom. The first-order valence-corrected chi connectivity index (χ1v) is 8.05. The molecule has 0 aliphatic carbocycles. The minimum atomic E-state index is 0.363. The second-order valence-corrected chi connectivity index (χ2v) is 6.43. The lowest BCUT2D eigenvalue weighted by Crippen LogP contribution is -1.99. The Labute approximate surface area is 129 Å². The first-order chi connectivity index (χ1) is 10.2. The molecule has 0 aliphatic heterocycles. The molecule has 0 aliphatic rings. The van der Waals surface area contributed by atoms with Crippen LogP contribution in [0.15, 0.2) is 36.4 Å². The standard InChI is InChI=1S/C17H19N3S/c1-4-14(13-8-6-5-7-9-13)15-10-16(20-19-15)17-11(2)18-12(3)21-17/h5-10,14H,4H2,1-3H3,(H,19,20). The molecule has 3 aromatic rings. The summed E-state index contributed by atoms with van der Waals surface area (Å²) in [7, 11) is 0. The fourth-order valence-electron chi connectivity index (χ4n) is 2.72. The maximum absolute atomic E-state index is 4.50. The van der Waals surface area contributed by atoms with Crippen molar-refractivity contribution < 1.29 is 0 Å². The largest absolute Gasteiger partial charge is 0.281 e. The van der Waals surface area contributed by atoms with E-state index in [0.717, 1.165) is 27.7 Å². The second kappa shape index (κ2) is 5.82. The van der Waals surface area contributed by atoms with Gasteiger partial charge in [-0.15, -0.1) is 11.3 Å². The third-order valence-electron chi connectivity index (χ3n) is 3.72. The SMILES string of the molecule is CCC(c1ccccc1)c1cc(-c2sc(C)nc2C)n[nH]1. The highest BCUT2D eigenvalue weighted by Gasteiger charge is 2.17. The van der Waals surface area contributed by atoms with Crippen LogP contribution in [0, 0.1) is 13.8 Å². The Morgan fingerprint density at radius 1 is 1.19 bits per heavy atom. The van der Waals surface area contributed by atoms with Gasteiger partial charge in [0, 0.05) is 11.6 Å². The average molecular weight is 297 g/mol. The van der Waals surface area contributed by atoms with E-state index < -0.39 is 0 Å². The van der Waals surface area contributed by atoms with Crippen LogP contribution < -0.4 is 0 Å². The van der Waals surface area contributed by atoms with E-state index in [1.807, 2.05) is 13.8 Å². The molecule has 0 radical (unpaired) electrons. The van der Waals surface area contributed by atoms with E-state index in [0.29, 0.717) is 5.92 Å². The average Bonchev–Trinajstić information content (AvgIpc) is 3.08. The Hall–Kier alpha value is -1.94. The van der Waals surface area contributed by atoms with Gasteiger partial charge >= 0.3 is 0 Å². The smallest absolute Gasteiger partial charge is 0.104 e. The summed E-state index contributed by atoms with van der Waals surface area (Å²) < 4.78 is 0. The third kappa shape index (κ3) is 2.76. The molecule has 1 aromatic carbocycles. The summed E-state index contributed by atoms with van der Waals surface area (Å²) in [5.41, 5.74) is 4.56. The lowest BCUT2D eigenvalue weighted by atomic mass is 9.93. The van der Waals surface area contributed by atoms with Gasteiger partial charge in [0.15, 0.2) is 0 Å². The molecule has 108 valence electrons. The molecule has 4 heteroatoms. The van der Waals surface area contributed by atoms with Gasteiger partial charge < -0.3 is 0 Å². The molecule has 3 nitrogen and oxygen atoms in total. The molecule has 0 saturated heterocycles. The number of nitrogens with zero attached hydrogens (tertiary/aromatic N) is 2. The summed E-state index contributed by atoms with van der Waals surface area (Å²) in [6, 6.07) is 12.8. The number of aromatic nitrogens is 3. The number of nitrogens with one attached hydrogen (secondary N) is 1. The lowest BCUT2D eigenvalue weighted by molar-refractivity contribution is 0.743. The summed E-state index contributed by atoms with van der Waals surface area (Å²) in [5, 5.41) is 8.80. The molecule has 0 bridgehead atoms. The van der Waals surface area contributed by atoms with Crippen molar-refractivity contribution in [3.05, 3.63) is 58.4 Å². The summed E-state index contributed by atoms with van der Waals surface area (Å²) >= 11 is 1.70. The topological polar surface area (TPSA) is 41.6 Å². The Morgan fingerprint density at radius 3 is 2.57 bits per heavy atom. The molecular formula is C17H19N3S. The van der Waals surface area contributed by atoms with Crippen molar-refractivity contribution >= 4 is 11.3 Å². The monoisotopic (exact) mass is 297 g/mol. The van der Waals surface area contributed by atoms with Gasteiger partial charge in [0.05, 0.1) is 15.6 Å². The van der Waals surface area contributed by atoms with Crippen LogP contribution in [0.25, 0.3) is 10.6 Å². The number of rotatable bonds is 4. The number of aryl methyl sites for hydroxylation is 2. The van der Waals surface area contributed by atoms with Gasteiger partial charge in [-0.25, -0.2) is 4.98 Å². The minimum absolute atomic E-state index is 0.363. The number of hydrogen-bond donors (Lipinski definition) is 1. The van der Waals surface area contributed by atoms with Gasteiger partial charge in [-0.2, -0.15) is 5.10 Å². The first kappa shape index (κ1) is 14.0. The van der Waals surface area contributed by atoms with E-state index in [-0.39, 0.29) is 0 Å². The summed E-state index contributed by atoms with van der Waals surface area (Å²) in [4.78, 5) is 5.65. The van der Waals surface area contributed by atoms with Crippen LogP contribution in [-0.4, -0.2) is 15.2 Å². The van der Waals surface area contributed by atoms with Crippen molar-refractivity contribution in [2.75, 3.05) is 0 Å². The molecule has 1 atom stereocenters. The van der Waals surface area contributed by atoms with E-state index in [1.165, 1.54) is 11.3 Å². The van der Waals surface area contributed by atoms with E-state index in [1.54, 1.807) is 11.3 Å². The Bertz CT molecular complexity index is 728. The van der Waals surface area contributed by atoms with Gasteiger partial charge in [-0.3, -0.25) is 5.10 Å². The first-order valence-electron chi connectivity index (χ1n) is 7.23. The predicted molar refractivity (Wildman–Crippen MR) is 87.7 cm³/mol. The molecule has 1 N–H and O–H groups in total.